The number of nitrogens with zero attached hydrogens (tertiary/aromatic N) is 4. The molecule has 0 saturated heterocycles. The molecule has 1 N–H and O–H groups in total. The van der Waals surface area contributed by atoms with Crippen LogP contribution in [0.3, 0.4) is 0 Å². The van der Waals surface area contributed by atoms with E-state index in [1.165, 1.54) is 0 Å². The topological polar surface area (TPSA) is 88.3 Å². The molecule has 2 aromatic carbocycles. The van der Waals surface area contributed by atoms with E-state index < -0.39 is 5.97 Å². The first kappa shape index (κ1) is 21.6. The minimum absolute atomic E-state index is 0.0125. The molecule has 1 amide bonds. The zero-order valence-electron chi connectivity index (χ0n) is 19.0. The number of hydrogen-bond donors (Lipinski definition) is 1. The number of rotatable bonds is 6. The molecule has 0 unspecified atom stereocenters. The van der Waals surface area contributed by atoms with E-state index in [2.05, 4.69) is 23.4 Å². The maximum Gasteiger partial charge on any atom is 0.307 e. The third-order valence-electron chi connectivity index (χ3n) is 6.02. The maximum atomic E-state index is 13.3. The number of aliphatic carboxylic acids is 1. The Labute approximate surface area is 197 Å². The summed E-state index contributed by atoms with van der Waals surface area (Å²) in [4.78, 5) is 35.2. The number of pyridine rings is 1. The van der Waals surface area contributed by atoms with Gasteiger partial charge in [-0.15, -0.1) is 0 Å². The quantitative estimate of drug-likeness (QED) is 0.446. The van der Waals surface area contributed by atoms with Crippen molar-refractivity contribution < 1.29 is 14.7 Å². The molecule has 0 fully saturated rings. The molecular formula is C27H24N4O3. The predicted octanol–water partition coefficient (Wildman–Crippen LogP) is 4.98. The highest BCUT2D eigenvalue weighted by Gasteiger charge is 2.30. The van der Waals surface area contributed by atoms with Crippen LogP contribution in [0.4, 0.5) is 5.82 Å². The molecule has 0 spiro atoms. The van der Waals surface area contributed by atoms with Crippen LogP contribution in [0.15, 0.2) is 73.1 Å². The Morgan fingerprint density at radius 1 is 1.06 bits per heavy atom. The summed E-state index contributed by atoms with van der Waals surface area (Å²) >= 11 is 0. The molecule has 0 saturated carbocycles. The zero-order chi connectivity index (χ0) is 23.8. The first-order valence-electron chi connectivity index (χ1n) is 11.2. The molecule has 4 aromatic rings. The Morgan fingerprint density at radius 3 is 2.56 bits per heavy atom. The second-order valence-electron chi connectivity index (χ2n) is 8.66. The molecule has 5 rings (SSSR count). The molecule has 0 bridgehead atoms. The predicted molar refractivity (Wildman–Crippen MR) is 130 cm³/mol. The molecular weight excluding hydrogens is 428 g/mol. The molecule has 0 aliphatic carbocycles. The molecule has 7 heteroatoms. The maximum absolute atomic E-state index is 13.3. The Balaban J connectivity index is 1.42. The number of hydrogen-bond acceptors (Lipinski definition) is 4. The molecule has 2 aromatic heterocycles. The number of carboxylic acid groups (broad SMARTS) is 1. The van der Waals surface area contributed by atoms with Crippen molar-refractivity contribution in [3.8, 4) is 22.6 Å². The standard InChI is InChI=1S/C27H24N4O3/c1-17(2)30-13-12-28-26(30)23-4-3-5-24(29-23)31-16-21-11-10-20(15-22(21)27(31)34)19-8-6-18(7-9-19)14-25(32)33/h3-13,15,17H,14,16H2,1-2H3,(H,32,33). The summed E-state index contributed by atoms with van der Waals surface area (Å²) in [5.74, 6) is 0.421. The molecule has 7 nitrogen and oxygen atoms in total. The molecule has 170 valence electrons. The smallest absolute Gasteiger partial charge is 0.307 e. The number of fused-ring (bicyclic) bond motifs is 1. The van der Waals surface area contributed by atoms with Gasteiger partial charge in [-0.25, -0.2) is 9.97 Å². The fourth-order valence-electron chi connectivity index (χ4n) is 4.28. The second kappa shape index (κ2) is 8.59. The Bertz CT molecular complexity index is 1390. The molecule has 3 heterocycles. The average molecular weight is 453 g/mol. The van der Waals surface area contributed by atoms with E-state index in [0.717, 1.165) is 33.8 Å². The Hall–Kier alpha value is -4.26. The summed E-state index contributed by atoms with van der Waals surface area (Å²) in [7, 11) is 0. The lowest BCUT2D eigenvalue weighted by atomic mass is 9.99. The first-order chi connectivity index (χ1) is 16.4. The molecule has 0 atom stereocenters. The van der Waals surface area contributed by atoms with E-state index >= 15 is 0 Å². The third kappa shape index (κ3) is 3.96. The van der Waals surface area contributed by atoms with Crippen molar-refractivity contribution in [2.75, 3.05) is 4.90 Å². The Morgan fingerprint density at radius 2 is 1.82 bits per heavy atom. The molecule has 1 aliphatic heterocycles. The summed E-state index contributed by atoms with van der Waals surface area (Å²) in [5.41, 5.74) is 4.92. The van der Waals surface area contributed by atoms with Crippen LogP contribution in [0.25, 0.3) is 22.6 Å². The van der Waals surface area contributed by atoms with Crippen LogP contribution in [0.2, 0.25) is 0 Å². The van der Waals surface area contributed by atoms with E-state index in [-0.39, 0.29) is 18.4 Å². The second-order valence-corrected chi connectivity index (χ2v) is 8.66. The van der Waals surface area contributed by atoms with Crippen LogP contribution in [-0.4, -0.2) is 31.5 Å². The number of carboxylic acids is 1. The van der Waals surface area contributed by atoms with Crippen molar-refractivity contribution in [1.29, 1.82) is 0 Å². The fourth-order valence-corrected chi connectivity index (χ4v) is 4.28. The number of aromatic nitrogens is 3. The van der Waals surface area contributed by atoms with Crippen molar-refractivity contribution in [3.63, 3.8) is 0 Å². The van der Waals surface area contributed by atoms with Crippen LogP contribution in [0, 0.1) is 0 Å². The minimum atomic E-state index is -0.859. The Kier molecular flexibility index (Phi) is 5.45. The van der Waals surface area contributed by atoms with Crippen LogP contribution < -0.4 is 4.90 Å². The summed E-state index contributed by atoms with van der Waals surface area (Å²) in [6, 6.07) is 19.2. The third-order valence-corrected chi connectivity index (χ3v) is 6.02. The summed E-state index contributed by atoms with van der Waals surface area (Å²) in [5, 5.41) is 8.96. The number of amides is 1. The van der Waals surface area contributed by atoms with Gasteiger partial charge in [-0.3, -0.25) is 14.5 Å². The first-order valence-corrected chi connectivity index (χ1v) is 11.2. The van der Waals surface area contributed by atoms with E-state index in [4.69, 9.17) is 10.1 Å². The van der Waals surface area contributed by atoms with Crippen LogP contribution in [0.5, 0.6) is 0 Å². The lowest BCUT2D eigenvalue weighted by Gasteiger charge is -2.16. The van der Waals surface area contributed by atoms with Gasteiger partial charge in [0.2, 0.25) is 0 Å². The zero-order valence-corrected chi connectivity index (χ0v) is 19.0. The van der Waals surface area contributed by atoms with Crippen molar-refractivity contribution in [3.05, 3.63) is 89.7 Å². The molecule has 1 aliphatic rings. The van der Waals surface area contributed by atoms with Gasteiger partial charge >= 0.3 is 5.97 Å². The average Bonchev–Trinajstić information content (AvgIpc) is 3.45. The van der Waals surface area contributed by atoms with Gasteiger partial charge in [0.05, 0.1) is 13.0 Å². The van der Waals surface area contributed by atoms with Gasteiger partial charge in [0.25, 0.3) is 5.91 Å². The van der Waals surface area contributed by atoms with Gasteiger partial charge < -0.3 is 9.67 Å². The van der Waals surface area contributed by atoms with Crippen LogP contribution in [-0.2, 0) is 17.8 Å². The van der Waals surface area contributed by atoms with Gasteiger partial charge in [-0.1, -0.05) is 42.5 Å². The lowest BCUT2D eigenvalue weighted by Crippen LogP contribution is -2.24. The van der Waals surface area contributed by atoms with Gasteiger partial charge in [0, 0.05) is 24.0 Å². The van der Waals surface area contributed by atoms with Crippen molar-refractivity contribution in [1.82, 2.24) is 14.5 Å². The monoisotopic (exact) mass is 452 g/mol. The van der Waals surface area contributed by atoms with E-state index in [1.54, 1.807) is 23.2 Å². The van der Waals surface area contributed by atoms with Crippen molar-refractivity contribution >= 4 is 17.7 Å². The van der Waals surface area contributed by atoms with E-state index in [0.29, 0.717) is 17.9 Å². The van der Waals surface area contributed by atoms with E-state index in [1.807, 2.05) is 54.7 Å². The normalized spacial score (nSPS) is 12.9. The highest BCUT2D eigenvalue weighted by atomic mass is 16.4. The lowest BCUT2D eigenvalue weighted by molar-refractivity contribution is -0.136. The molecule has 0 radical (unpaired) electrons. The number of carbonyl (C=O) groups is 2. The van der Waals surface area contributed by atoms with Crippen molar-refractivity contribution in [2.24, 2.45) is 0 Å². The minimum Gasteiger partial charge on any atom is -0.481 e. The van der Waals surface area contributed by atoms with E-state index in [9.17, 15) is 9.59 Å². The summed E-state index contributed by atoms with van der Waals surface area (Å²) < 4.78 is 2.06. The van der Waals surface area contributed by atoms with Crippen molar-refractivity contribution in [2.45, 2.75) is 32.9 Å². The largest absolute Gasteiger partial charge is 0.481 e. The van der Waals surface area contributed by atoms with Crippen LogP contribution in [0.1, 0.15) is 41.4 Å². The number of benzene rings is 2. The van der Waals surface area contributed by atoms with Gasteiger partial charge in [0.1, 0.15) is 11.5 Å². The van der Waals surface area contributed by atoms with Crippen LogP contribution >= 0.6 is 0 Å². The van der Waals surface area contributed by atoms with Gasteiger partial charge in [-0.2, -0.15) is 0 Å². The highest BCUT2D eigenvalue weighted by Crippen LogP contribution is 2.32. The SMILES string of the molecule is CC(C)n1ccnc1-c1cccc(N2Cc3ccc(-c4ccc(CC(=O)O)cc4)cc3C2=O)n1. The fraction of sp³-hybridized carbons (Fsp3) is 0.185. The number of imidazole rings is 1. The summed E-state index contributed by atoms with van der Waals surface area (Å²) in [6.07, 6.45) is 3.68. The molecule has 34 heavy (non-hydrogen) atoms. The highest BCUT2D eigenvalue weighted by molar-refractivity contribution is 6.10. The summed E-state index contributed by atoms with van der Waals surface area (Å²) in [6.45, 7) is 4.64. The number of anilines is 1. The van der Waals surface area contributed by atoms with Gasteiger partial charge in [-0.05, 0) is 54.3 Å². The number of carbonyl (C=O) groups excluding carboxylic acids is 1. The van der Waals surface area contributed by atoms with Gasteiger partial charge in [0.15, 0.2) is 5.82 Å².